The van der Waals surface area contributed by atoms with Gasteiger partial charge in [0, 0.05) is 27.1 Å². The number of hydrazone groups is 1. The number of nitrogens with zero attached hydrogens (tertiary/aromatic N) is 2. The lowest BCUT2D eigenvalue weighted by molar-refractivity contribution is -0.147. The SMILES string of the molecule is COC(=O)[C@@H](C)Oc1cc(Br)c(/C=N/NC(=O)c2ccc(COc3ccc(-n4c(C)ccc4C)cc3)o2)cc1OC. The van der Waals surface area contributed by atoms with E-state index in [2.05, 4.69) is 61.7 Å². The molecule has 11 heteroatoms. The molecule has 0 aliphatic carbocycles. The molecular formula is C30H30BrN3O7. The topological polar surface area (TPSA) is 114 Å². The Morgan fingerprint density at radius 3 is 2.39 bits per heavy atom. The highest BCUT2D eigenvalue weighted by molar-refractivity contribution is 9.10. The number of carbonyl (C=O) groups is 2. The Morgan fingerprint density at radius 1 is 1.02 bits per heavy atom. The fraction of sp³-hybridized carbons (Fsp3) is 0.233. The van der Waals surface area contributed by atoms with E-state index in [9.17, 15) is 9.59 Å². The number of benzene rings is 2. The first-order valence-corrected chi connectivity index (χ1v) is 13.4. The van der Waals surface area contributed by atoms with Gasteiger partial charge in [0.25, 0.3) is 0 Å². The van der Waals surface area contributed by atoms with Crippen LogP contribution in [-0.4, -0.2) is 43.0 Å². The Kier molecular flexibility index (Phi) is 9.51. The Labute approximate surface area is 246 Å². The van der Waals surface area contributed by atoms with Crippen LogP contribution in [0.2, 0.25) is 0 Å². The predicted octanol–water partition coefficient (Wildman–Crippen LogP) is 5.74. The first-order chi connectivity index (χ1) is 19.7. The first-order valence-electron chi connectivity index (χ1n) is 12.6. The molecule has 4 aromatic rings. The number of hydrogen-bond donors (Lipinski definition) is 1. The lowest BCUT2D eigenvalue weighted by Gasteiger charge is -2.16. The van der Waals surface area contributed by atoms with Crippen molar-refractivity contribution >= 4 is 34.0 Å². The summed E-state index contributed by atoms with van der Waals surface area (Å²) in [6.07, 6.45) is 0.609. The van der Waals surface area contributed by atoms with Gasteiger partial charge in [0.1, 0.15) is 18.1 Å². The van der Waals surface area contributed by atoms with Crippen molar-refractivity contribution < 1.29 is 33.0 Å². The van der Waals surface area contributed by atoms with Crippen molar-refractivity contribution in [3.05, 3.63) is 93.6 Å². The standard InChI is InChI=1S/C30H30BrN3O7/c1-18-6-7-19(2)34(18)22-8-10-23(11-9-22)39-17-24-12-13-26(41-24)29(35)33-32-16-21-14-27(37-4)28(15-25(21)31)40-20(3)30(36)38-5/h6-16,20H,17H2,1-5H3,(H,33,35)/b32-16+/t20-/m1/s1. The van der Waals surface area contributed by atoms with Crippen molar-refractivity contribution in [1.82, 2.24) is 9.99 Å². The highest BCUT2D eigenvalue weighted by Crippen LogP contribution is 2.33. The van der Waals surface area contributed by atoms with Gasteiger partial charge in [0.15, 0.2) is 23.4 Å². The van der Waals surface area contributed by atoms with Crippen LogP contribution in [0.1, 0.15) is 40.2 Å². The molecule has 1 amide bonds. The number of aryl methyl sites for hydroxylation is 2. The zero-order valence-corrected chi connectivity index (χ0v) is 24.9. The van der Waals surface area contributed by atoms with Crippen LogP contribution in [0.5, 0.6) is 17.2 Å². The van der Waals surface area contributed by atoms with Gasteiger partial charge >= 0.3 is 11.9 Å². The number of rotatable bonds is 11. The van der Waals surface area contributed by atoms with Crippen LogP contribution in [0.15, 0.2) is 74.7 Å². The highest BCUT2D eigenvalue weighted by atomic mass is 79.9. The maximum absolute atomic E-state index is 12.5. The molecule has 2 aromatic carbocycles. The Morgan fingerprint density at radius 2 is 1.73 bits per heavy atom. The molecule has 10 nitrogen and oxygen atoms in total. The minimum absolute atomic E-state index is 0.0897. The summed E-state index contributed by atoms with van der Waals surface area (Å²) in [7, 11) is 2.76. The third kappa shape index (κ3) is 7.17. The van der Waals surface area contributed by atoms with Gasteiger partial charge in [0.05, 0.1) is 20.4 Å². The zero-order chi connectivity index (χ0) is 29.5. The molecule has 0 aliphatic rings. The fourth-order valence-corrected chi connectivity index (χ4v) is 4.45. The van der Waals surface area contributed by atoms with E-state index in [0.717, 1.165) is 17.1 Å². The summed E-state index contributed by atoms with van der Waals surface area (Å²) in [6.45, 7) is 5.85. The van der Waals surface area contributed by atoms with Gasteiger partial charge < -0.3 is 27.9 Å². The Bertz CT molecular complexity index is 1540. The largest absolute Gasteiger partial charge is 0.493 e. The van der Waals surface area contributed by atoms with Gasteiger partial charge in [0.2, 0.25) is 0 Å². The number of methoxy groups -OCH3 is 2. The van der Waals surface area contributed by atoms with Gasteiger partial charge in [-0.2, -0.15) is 5.10 Å². The molecule has 214 valence electrons. The summed E-state index contributed by atoms with van der Waals surface area (Å²) in [4.78, 5) is 24.2. The second-order valence-corrected chi connectivity index (χ2v) is 9.86. The van der Waals surface area contributed by atoms with Crippen LogP contribution < -0.4 is 19.6 Å². The average molecular weight is 624 g/mol. The number of carbonyl (C=O) groups excluding carboxylic acids is 2. The monoisotopic (exact) mass is 623 g/mol. The van der Waals surface area contributed by atoms with E-state index < -0.39 is 18.0 Å². The number of hydrogen-bond acceptors (Lipinski definition) is 8. The molecule has 0 saturated heterocycles. The van der Waals surface area contributed by atoms with Crippen molar-refractivity contribution in [1.29, 1.82) is 0 Å². The van der Waals surface area contributed by atoms with Gasteiger partial charge in [-0.25, -0.2) is 10.2 Å². The molecule has 0 bridgehead atoms. The number of ether oxygens (including phenoxy) is 4. The molecule has 0 saturated carbocycles. The summed E-state index contributed by atoms with van der Waals surface area (Å²) >= 11 is 3.44. The molecule has 0 spiro atoms. The number of amides is 1. The minimum Gasteiger partial charge on any atom is -0.493 e. The fourth-order valence-electron chi connectivity index (χ4n) is 4.02. The van der Waals surface area contributed by atoms with Crippen LogP contribution >= 0.6 is 15.9 Å². The normalized spacial score (nSPS) is 11.8. The van der Waals surface area contributed by atoms with Crippen molar-refractivity contribution in [3.8, 4) is 22.9 Å². The molecule has 2 aromatic heterocycles. The summed E-state index contributed by atoms with van der Waals surface area (Å²) < 4.78 is 29.9. The summed E-state index contributed by atoms with van der Waals surface area (Å²) in [6, 6.07) is 18.4. The number of nitrogens with one attached hydrogen (secondary N) is 1. The smallest absolute Gasteiger partial charge is 0.346 e. The lowest BCUT2D eigenvalue weighted by Crippen LogP contribution is -2.25. The van der Waals surface area contributed by atoms with Crippen molar-refractivity contribution in [3.63, 3.8) is 0 Å². The van der Waals surface area contributed by atoms with Crippen LogP contribution in [0, 0.1) is 13.8 Å². The number of esters is 1. The van der Waals surface area contributed by atoms with E-state index >= 15 is 0 Å². The van der Waals surface area contributed by atoms with Crippen LogP contribution in [-0.2, 0) is 16.1 Å². The third-order valence-electron chi connectivity index (χ3n) is 6.12. The molecular weight excluding hydrogens is 594 g/mol. The molecule has 0 aliphatic heterocycles. The second kappa shape index (κ2) is 13.2. The molecule has 4 rings (SSSR count). The van der Waals surface area contributed by atoms with E-state index in [-0.39, 0.29) is 12.4 Å². The van der Waals surface area contributed by atoms with Gasteiger partial charge in [-0.3, -0.25) is 4.79 Å². The van der Waals surface area contributed by atoms with Crippen molar-refractivity contribution in [2.24, 2.45) is 5.10 Å². The van der Waals surface area contributed by atoms with E-state index in [0.29, 0.717) is 33.0 Å². The van der Waals surface area contributed by atoms with Gasteiger partial charge in [-0.15, -0.1) is 0 Å². The summed E-state index contributed by atoms with van der Waals surface area (Å²) in [5.41, 5.74) is 6.40. The predicted molar refractivity (Wildman–Crippen MR) is 156 cm³/mol. The number of halogens is 1. The highest BCUT2D eigenvalue weighted by Gasteiger charge is 2.19. The summed E-state index contributed by atoms with van der Waals surface area (Å²) in [5.74, 6) is 0.931. The third-order valence-corrected chi connectivity index (χ3v) is 6.81. The van der Waals surface area contributed by atoms with Gasteiger partial charge in [-0.1, -0.05) is 0 Å². The maximum atomic E-state index is 12.5. The Hall–Kier alpha value is -4.51. The maximum Gasteiger partial charge on any atom is 0.346 e. The van der Waals surface area contributed by atoms with Crippen molar-refractivity contribution in [2.45, 2.75) is 33.5 Å². The van der Waals surface area contributed by atoms with E-state index in [4.69, 9.17) is 18.6 Å². The Balaban J connectivity index is 1.33. The summed E-state index contributed by atoms with van der Waals surface area (Å²) in [5, 5.41) is 4.01. The van der Waals surface area contributed by atoms with Gasteiger partial charge in [-0.05, 0) is 97.4 Å². The zero-order valence-electron chi connectivity index (χ0n) is 23.3. The first kappa shape index (κ1) is 29.5. The van der Waals surface area contributed by atoms with Crippen LogP contribution in [0.4, 0.5) is 0 Å². The molecule has 41 heavy (non-hydrogen) atoms. The quantitative estimate of drug-likeness (QED) is 0.129. The number of aromatic nitrogens is 1. The molecule has 0 fully saturated rings. The average Bonchev–Trinajstić information content (AvgIpc) is 3.58. The minimum atomic E-state index is -0.826. The van der Waals surface area contributed by atoms with Crippen LogP contribution in [0.3, 0.4) is 0 Å². The number of furan rings is 1. The van der Waals surface area contributed by atoms with Crippen LogP contribution in [0.25, 0.3) is 5.69 Å². The molecule has 0 unspecified atom stereocenters. The molecule has 2 heterocycles. The lowest BCUT2D eigenvalue weighted by atomic mass is 10.2. The molecule has 0 radical (unpaired) electrons. The molecule has 1 N–H and O–H groups in total. The van der Waals surface area contributed by atoms with E-state index in [1.165, 1.54) is 20.4 Å². The van der Waals surface area contributed by atoms with E-state index in [1.807, 2.05) is 24.3 Å². The van der Waals surface area contributed by atoms with Crippen molar-refractivity contribution in [2.75, 3.05) is 14.2 Å². The van der Waals surface area contributed by atoms with E-state index in [1.54, 1.807) is 31.2 Å². The molecule has 1 atom stereocenters. The second-order valence-electron chi connectivity index (χ2n) is 9.01.